The second-order valence-electron chi connectivity index (χ2n) is 3.65. The first kappa shape index (κ1) is 6.59. The first-order valence-corrected chi connectivity index (χ1v) is 4.20. The molecule has 1 atom stereocenters. The Kier molecular flexibility index (Phi) is 1.44. The summed E-state index contributed by atoms with van der Waals surface area (Å²) in [5.41, 5.74) is 0.248. The Morgan fingerprint density at radius 3 is 2.60 bits per heavy atom. The first-order valence-electron chi connectivity index (χ1n) is 4.20. The molecule has 1 N–H and O–H groups in total. The fourth-order valence-corrected chi connectivity index (χ4v) is 2.08. The Labute approximate surface area is 61.0 Å². The van der Waals surface area contributed by atoms with Crippen molar-refractivity contribution in [2.45, 2.75) is 43.8 Å². The predicted octanol–water partition coefficient (Wildman–Crippen LogP) is 1.63. The summed E-state index contributed by atoms with van der Waals surface area (Å²) in [6, 6.07) is 0. The quantitative estimate of drug-likeness (QED) is 0.543. The first-order chi connectivity index (χ1) is 4.81. The van der Waals surface area contributed by atoms with Crippen LogP contribution in [0.5, 0.6) is 0 Å². The van der Waals surface area contributed by atoms with Crippen LogP contribution in [0.15, 0.2) is 0 Å². The summed E-state index contributed by atoms with van der Waals surface area (Å²) in [4.78, 5) is 0. The molecular weight excluding hydrogens is 129 g/mol. The summed E-state index contributed by atoms with van der Waals surface area (Å²) in [6.45, 7) is 0.890. The second kappa shape index (κ2) is 2.19. The number of alkyl halides is 1. The van der Waals surface area contributed by atoms with Crippen molar-refractivity contribution in [2.75, 3.05) is 6.54 Å². The number of piperidine rings is 1. The fraction of sp³-hybridized carbons (Fsp3) is 1.00. The van der Waals surface area contributed by atoms with Crippen LogP contribution in [0.4, 0.5) is 4.39 Å². The van der Waals surface area contributed by atoms with E-state index in [1.165, 1.54) is 19.3 Å². The van der Waals surface area contributed by atoms with E-state index in [0.29, 0.717) is 0 Å². The third kappa shape index (κ3) is 0.947. The van der Waals surface area contributed by atoms with E-state index in [1.807, 2.05) is 0 Å². The summed E-state index contributed by atoms with van der Waals surface area (Å²) in [5.74, 6) is 0. The maximum atomic E-state index is 12.9. The van der Waals surface area contributed by atoms with Gasteiger partial charge in [-0.05, 0) is 38.6 Å². The molecule has 0 radical (unpaired) electrons. The van der Waals surface area contributed by atoms with Crippen molar-refractivity contribution in [2.24, 2.45) is 0 Å². The smallest absolute Gasteiger partial charge is 0.103 e. The van der Waals surface area contributed by atoms with Crippen LogP contribution < -0.4 is 5.32 Å². The summed E-state index contributed by atoms with van der Waals surface area (Å²) >= 11 is 0. The summed E-state index contributed by atoms with van der Waals surface area (Å²) in [6.07, 6.45) is 4.66. The lowest BCUT2D eigenvalue weighted by Crippen LogP contribution is -2.56. The van der Waals surface area contributed by atoms with E-state index in [1.54, 1.807) is 0 Å². The van der Waals surface area contributed by atoms with E-state index in [2.05, 4.69) is 5.32 Å². The van der Waals surface area contributed by atoms with Gasteiger partial charge in [0.05, 0.1) is 0 Å². The monoisotopic (exact) mass is 143 g/mol. The van der Waals surface area contributed by atoms with E-state index >= 15 is 0 Å². The van der Waals surface area contributed by atoms with Gasteiger partial charge in [-0.1, -0.05) is 0 Å². The lowest BCUT2D eigenvalue weighted by molar-refractivity contribution is 0.0859. The number of nitrogens with one attached hydrogen (secondary N) is 1. The molecule has 2 rings (SSSR count). The van der Waals surface area contributed by atoms with Gasteiger partial charge in [-0.2, -0.15) is 0 Å². The molecule has 10 heavy (non-hydrogen) atoms. The highest BCUT2D eigenvalue weighted by atomic mass is 19.1. The molecule has 1 aliphatic carbocycles. The minimum absolute atomic E-state index is 0.248. The maximum Gasteiger partial charge on any atom is 0.103 e. The molecule has 1 spiro atoms. The molecule has 2 aliphatic rings. The zero-order valence-corrected chi connectivity index (χ0v) is 6.20. The van der Waals surface area contributed by atoms with Crippen molar-refractivity contribution < 1.29 is 4.39 Å². The number of rotatable bonds is 0. The maximum absolute atomic E-state index is 12.9. The summed E-state index contributed by atoms with van der Waals surface area (Å²) in [5, 5.41) is 3.42. The Bertz CT molecular complexity index is 131. The van der Waals surface area contributed by atoms with Crippen molar-refractivity contribution in [1.82, 2.24) is 5.32 Å². The molecule has 0 aromatic rings. The molecule has 58 valence electrons. The predicted molar refractivity (Wildman–Crippen MR) is 38.7 cm³/mol. The van der Waals surface area contributed by atoms with Gasteiger partial charge in [0.1, 0.15) is 6.17 Å². The van der Waals surface area contributed by atoms with Crippen LogP contribution in [0.3, 0.4) is 0 Å². The molecule has 1 saturated carbocycles. The standard InChI is InChI=1S/C8H14FN/c9-7-2-5-10-8(6-7)3-1-4-8/h7,10H,1-6H2. The molecule has 1 aliphatic heterocycles. The Morgan fingerprint density at radius 1 is 1.40 bits per heavy atom. The Morgan fingerprint density at radius 2 is 2.20 bits per heavy atom. The third-order valence-electron chi connectivity index (χ3n) is 2.88. The van der Waals surface area contributed by atoms with Crippen LogP contribution in [0, 0.1) is 0 Å². The van der Waals surface area contributed by atoms with Crippen LogP contribution in [0.1, 0.15) is 32.1 Å². The minimum atomic E-state index is -0.526. The van der Waals surface area contributed by atoms with E-state index in [4.69, 9.17) is 0 Å². The van der Waals surface area contributed by atoms with Gasteiger partial charge in [-0.3, -0.25) is 0 Å². The molecule has 0 bridgehead atoms. The van der Waals surface area contributed by atoms with Crippen molar-refractivity contribution in [1.29, 1.82) is 0 Å². The molecule has 1 heterocycles. The van der Waals surface area contributed by atoms with Gasteiger partial charge in [0.2, 0.25) is 0 Å². The van der Waals surface area contributed by atoms with Crippen molar-refractivity contribution in [3.63, 3.8) is 0 Å². The largest absolute Gasteiger partial charge is 0.311 e. The zero-order valence-electron chi connectivity index (χ0n) is 6.20. The van der Waals surface area contributed by atoms with Crippen molar-refractivity contribution in [3.05, 3.63) is 0 Å². The molecule has 0 amide bonds. The minimum Gasteiger partial charge on any atom is -0.311 e. The van der Waals surface area contributed by atoms with E-state index in [-0.39, 0.29) is 5.54 Å². The van der Waals surface area contributed by atoms with Gasteiger partial charge >= 0.3 is 0 Å². The van der Waals surface area contributed by atoms with Crippen LogP contribution >= 0.6 is 0 Å². The molecule has 1 saturated heterocycles. The number of hydrogen-bond donors (Lipinski definition) is 1. The summed E-state index contributed by atoms with van der Waals surface area (Å²) in [7, 11) is 0. The highest BCUT2D eigenvalue weighted by molar-refractivity contribution is 5.00. The molecule has 2 fully saturated rings. The third-order valence-corrected chi connectivity index (χ3v) is 2.88. The van der Waals surface area contributed by atoms with Gasteiger partial charge in [0, 0.05) is 5.54 Å². The van der Waals surface area contributed by atoms with Gasteiger partial charge < -0.3 is 5.32 Å². The van der Waals surface area contributed by atoms with Gasteiger partial charge in [-0.15, -0.1) is 0 Å². The molecule has 1 unspecified atom stereocenters. The van der Waals surface area contributed by atoms with Crippen LogP contribution in [0.2, 0.25) is 0 Å². The highest BCUT2D eigenvalue weighted by Crippen LogP contribution is 2.38. The van der Waals surface area contributed by atoms with Crippen LogP contribution in [-0.2, 0) is 0 Å². The van der Waals surface area contributed by atoms with E-state index in [0.717, 1.165) is 19.4 Å². The molecular formula is C8H14FN. The Balaban J connectivity index is 1.96. The molecule has 0 aromatic carbocycles. The second-order valence-corrected chi connectivity index (χ2v) is 3.65. The Hall–Kier alpha value is -0.110. The average Bonchev–Trinajstić information content (AvgIpc) is 1.85. The fourth-order valence-electron chi connectivity index (χ4n) is 2.08. The lowest BCUT2D eigenvalue weighted by atomic mass is 9.71. The van der Waals surface area contributed by atoms with Crippen LogP contribution in [-0.4, -0.2) is 18.3 Å². The van der Waals surface area contributed by atoms with Crippen molar-refractivity contribution in [3.8, 4) is 0 Å². The SMILES string of the molecule is FC1CCNC2(CCC2)C1. The van der Waals surface area contributed by atoms with E-state index in [9.17, 15) is 4.39 Å². The molecule has 2 heteroatoms. The normalized spacial score (nSPS) is 37.5. The lowest BCUT2D eigenvalue weighted by Gasteiger charge is -2.46. The molecule has 1 nitrogen and oxygen atoms in total. The average molecular weight is 143 g/mol. The number of halogens is 1. The zero-order chi connectivity index (χ0) is 7.03. The highest BCUT2D eigenvalue weighted by Gasteiger charge is 2.40. The van der Waals surface area contributed by atoms with Crippen molar-refractivity contribution >= 4 is 0 Å². The topological polar surface area (TPSA) is 12.0 Å². The van der Waals surface area contributed by atoms with Gasteiger partial charge in [0.15, 0.2) is 0 Å². The van der Waals surface area contributed by atoms with Gasteiger partial charge in [-0.25, -0.2) is 4.39 Å². The summed E-state index contributed by atoms with van der Waals surface area (Å²) < 4.78 is 12.9. The van der Waals surface area contributed by atoms with Gasteiger partial charge in [0.25, 0.3) is 0 Å². The molecule has 0 aromatic heterocycles. The van der Waals surface area contributed by atoms with E-state index < -0.39 is 6.17 Å². The van der Waals surface area contributed by atoms with Crippen LogP contribution in [0.25, 0.3) is 0 Å². The number of hydrogen-bond acceptors (Lipinski definition) is 1.